The molecule has 6 rings (SSSR count). The number of hydrogen-bond acceptors (Lipinski definition) is 15. The van der Waals surface area contributed by atoms with Gasteiger partial charge in [0.05, 0.1) is 51.7 Å². The number of esters is 1. The molecule has 6 N–H and O–H groups in total. The number of carbonyl (C=O) groups is 4. The Labute approximate surface area is 414 Å². The Morgan fingerprint density at radius 3 is 1.75 bits per heavy atom. The maximum atomic E-state index is 13.7. The lowest BCUT2D eigenvalue weighted by molar-refractivity contribution is -0.635. The Bertz CT molecular complexity index is 2710. The lowest BCUT2D eigenvalue weighted by Gasteiger charge is -2.38. The molecule has 1 aliphatic heterocycles. The van der Waals surface area contributed by atoms with E-state index in [-0.39, 0.29) is 77.0 Å². The molecule has 0 spiro atoms. The van der Waals surface area contributed by atoms with E-state index in [1.165, 1.54) is 6.07 Å². The molecule has 394 valence electrons. The predicted molar refractivity (Wildman–Crippen MR) is 251 cm³/mol. The molecule has 5 aromatic rings. The predicted octanol–water partition coefficient (Wildman–Crippen LogP) is 3.31. The first-order valence-corrected chi connectivity index (χ1v) is 22.7. The first-order chi connectivity index (χ1) is 34.7. The molecule has 2 amide bonds. The Kier molecular flexibility index (Phi) is 19.2. The van der Waals surface area contributed by atoms with E-state index in [1.807, 2.05) is 62.3 Å². The first kappa shape index (κ1) is 55.5. The molecule has 0 bridgehead atoms. The normalized spacial score (nSPS) is 17.6. The van der Waals surface area contributed by atoms with Crippen LogP contribution in [0.5, 0.6) is 11.5 Å². The third-order valence-corrected chi connectivity index (χ3v) is 11.4. The molecule has 1 fully saturated rings. The van der Waals surface area contributed by atoms with Gasteiger partial charge in [-0.25, -0.2) is 18.0 Å². The number of rotatable bonds is 24. The van der Waals surface area contributed by atoms with Gasteiger partial charge in [-0.1, -0.05) is 0 Å². The van der Waals surface area contributed by atoms with Crippen LogP contribution in [-0.4, -0.2) is 149 Å². The minimum absolute atomic E-state index is 0.00298. The van der Waals surface area contributed by atoms with Gasteiger partial charge in [0, 0.05) is 87.4 Å². The van der Waals surface area contributed by atoms with E-state index in [0.717, 1.165) is 33.2 Å². The van der Waals surface area contributed by atoms with Crippen LogP contribution < -0.4 is 34.5 Å². The van der Waals surface area contributed by atoms with Crippen molar-refractivity contribution < 1.29 is 94.5 Å². The number of nitrogens with zero attached hydrogens (tertiary/aromatic N) is 3. The second-order valence-electron chi connectivity index (χ2n) is 17.0. The molecule has 73 heavy (non-hydrogen) atoms. The number of carboxylic acids is 1. The van der Waals surface area contributed by atoms with Crippen molar-refractivity contribution in [1.82, 2.24) is 5.32 Å². The number of amides is 2. The number of hydrogen-bond donors (Lipinski definition) is 6. The molecule has 1 saturated heterocycles. The SMILES string of the molecule is CN(C)c1ccc2cc3ccc(N(C)C)cc3[n+](Cc3ccc(O[C@@H]4O[C@H](C(=O)O)[C@@H](O)[C@H](O)[C@H]4O)c(NC(=O)CCNC(=O)CCOCCOCCOCCC(=O)Oc4c(F)c(F)c(F)c(F)c4F)c3)c2c1. The van der Waals surface area contributed by atoms with E-state index in [4.69, 9.17) is 23.7 Å². The number of anilines is 3. The molecule has 0 saturated carbocycles. The summed E-state index contributed by atoms with van der Waals surface area (Å²) in [5.41, 5.74) is 4.52. The Balaban J connectivity index is 1.01. The molecule has 1 aliphatic rings. The zero-order chi connectivity index (χ0) is 53.1. The second-order valence-corrected chi connectivity index (χ2v) is 17.0. The number of aliphatic carboxylic acids is 1. The zero-order valence-electron chi connectivity index (χ0n) is 40.0. The van der Waals surface area contributed by atoms with Gasteiger partial charge in [0.1, 0.15) is 24.1 Å². The van der Waals surface area contributed by atoms with Crippen LogP contribution in [0.15, 0.2) is 60.7 Å². The fourth-order valence-corrected chi connectivity index (χ4v) is 7.45. The van der Waals surface area contributed by atoms with Crippen molar-refractivity contribution in [3.8, 4) is 11.5 Å². The summed E-state index contributed by atoms with van der Waals surface area (Å²) in [6.07, 6.45) is -10.4. The average Bonchev–Trinajstić information content (AvgIpc) is 3.35. The number of benzene rings is 4. The van der Waals surface area contributed by atoms with Gasteiger partial charge in [0.15, 0.2) is 12.6 Å². The summed E-state index contributed by atoms with van der Waals surface area (Å²) in [4.78, 5) is 53.7. The van der Waals surface area contributed by atoms with Crippen LogP contribution in [-0.2, 0) is 44.7 Å². The fourth-order valence-electron chi connectivity index (χ4n) is 7.45. The average molecular weight is 1030 g/mol. The van der Waals surface area contributed by atoms with Gasteiger partial charge < -0.3 is 69.3 Å². The van der Waals surface area contributed by atoms with E-state index >= 15 is 0 Å². The van der Waals surface area contributed by atoms with Gasteiger partial charge in [0.2, 0.25) is 64.0 Å². The molecule has 4 aromatic carbocycles. The lowest BCUT2D eigenvalue weighted by atomic mass is 9.99. The smallest absolute Gasteiger partial charge is 0.335 e. The minimum atomic E-state index is -2.39. The third-order valence-electron chi connectivity index (χ3n) is 11.4. The van der Waals surface area contributed by atoms with Gasteiger partial charge >= 0.3 is 11.9 Å². The number of aliphatic hydroxyl groups excluding tert-OH is 3. The third kappa shape index (κ3) is 14.0. The van der Waals surface area contributed by atoms with E-state index in [0.29, 0.717) is 5.56 Å². The molecule has 2 heterocycles. The topological polar surface area (TPSA) is 239 Å². The van der Waals surface area contributed by atoms with Crippen LogP contribution in [0.3, 0.4) is 0 Å². The summed E-state index contributed by atoms with van der Waals surface area (Å²) in [6, 6.07) is 19.2. The standard InChI is InChI=1S/C49H54F5N5O14/c1-57(2)29-8-6-27-22-28-7-9-30(58(3)4)24-33(28)59(32(27)23-29)25-26-5-10-34(71-49-45(65)43(63)44(64)47(73-49)48(66)67)31(21-26)56-36(61)11-14-55-35(60)12-15-68-17-19-70-20-18-69-16-13-37(62)72-46-41(53)39(51)38(50)40(52)42(46)54/h5-10,21-24,43-45,47,49,63-65H,11-20,25H2,1-4H3,(H2-,55,56,60,61,66,67)/p+1/t43-,44-,45+,47-,49+/m0/s1. The highest BCUT2D eigenvalue weighted by molar-refractivity contribution is 5.93. The number of fused-ring (bicyclic) bond motifs is 2. The highest BCUT2D eigenvalue weighted by Crippen LogP contribution is 2.33. The Hall–Kier alpha value is -6.80. The van der Waals surface area contributed by atoms with Crippen molar-refractivity contribution in [1.29, 1.82) is 0 Å². The number of carboxylic acid groups (broad SMARTS) is 1. The summed E-state index contributed by atoms with van der Waals surface area (Å²) in [7, 11) is 7.76. The van der Waals surface area contributed by atoms with E-state index < -0.39 is 95.7 Å². The highest BCUT2D eigenvalue weighted by atomic mass is 19.2. The van der Waals surface area contributed by atoms with Gasteiger partial charge in [-0.15, -0.1) is 0 Å². The molecule has 0 aliphatic carbocycles. The monoisotopic (exact) mass is 1030 g/mol. The van der Waals surface area contributed by atoms with E-state index in [9.17, 15) is 61.6 Å². The summed E-state index contributed by atoms with van der Waals surface area (Å²) < 4.78 is 101. The lowest BCUT2D eigenvalue weighted by Crippen LogP contribution is -2.61. The molecule has 0 radical (unpaired) electrons. The zero-order valence-corrected chi connectivity index (χ0v) is 40.0. The molecule has 24 heteroatoms. The number of aromatic nitrogens is 1. The van der Waals surface area contributed by atoms with Crippen LogP contribution >= 0.6 is 0 Å². The number of pyridine rings is 1. The highest BCUT2D eigenvalue weighted by Gasteiger charge is 2.48. The van der Waals surface area contributed by atoms with Crippen molar-refractivity contribution in [2.75, 3.05) is 89.5 Å². The largest absolute Gasteiger partial charge is 0.479 e. The Morgan fingerprint density at radius 1 is 0.644 bits per heavy atom. The molecular weight excluding hydrogens is 978 g/mol. The molecule has 5 atom stereocenters. The van der Waals surface area contributed by atoms with E-state index in [2.05, 4.69) is 38.1 Å². The van der Waals surface area contributed by atoms with Crippen molar-refractivity contribution in [2.24, 2.45) is 0 Å². The molecule has 1 aromatic heterocycles. The van der Waals surface area contributed by atoms with Crippen LogP contribution in [0.2, 0.25) is 0 Å². The van der Waals surface area contributed by atoms with Crippen molar-refractivity contribution in [3.63, 3.8) is 0 Å². The summed E-state index contributed by atoms with van der Waals surface area (Å²) in [6.45, 7) is 0.0297. The summed E-state index contributed by atoms with van der Waals surface area (Å²) in [5, 5.41) is 48.4. The molecule has 19 nitrogen and oxygen atoms in total. The molecule has 0 unspecified atom stereocenters. The number of nitrogens with one attached hydrogen (secondary N) is 2. The minimum Gasteiger partial charge on any atom is -0.479 e. The van der Waals surface area contributed by atoms with Crippen molar-refractivity contribution in [3.05, 3.63) is 95.3 Å². The van der Waals surface area contributed by atoms with Gasteiger partial charge in [-0.3, -0.25) is 14.4 Å². The van der Waals surface area contributed by atoms with Crippen LogP contribution in [0.25, 0.3) is 21.8 Å². The number of carbonyl (C=O) groups excluding carboxylic acids is 3. The fraction of sp³-hybridized carbons (Fsp3) is 0.408. The quantitative estimate of drug-likeness (QED) is 0.00760. The summed E-state index contributed by atoms with van der Waals surface area (Å²) in [5.74, 6) is -17.2. The van der Waals surface area contributed by atoms with Crippen LogP contribution in [0, 0.1) is 29.1 Å². The maximum absolute atomic E-state index is 13.7. The van der Waals surface area contributed by atoms with Crippen molar-refractivity contribution >= 4 is 62.6 Å². The van der Waals surface area contributed by atoms with Gasteiger partial charge in [-0.05, 0) is 48.5 Å². The van der Waals surface area contributed by atoms with Crippen LogP contribution in [0.4, 0.5) is 39.0 Å². The number of ether oxygens (including phenoxy) is 6. The first-order valence-electron chi connectivity index (χ1n) is 22.7. The molecular formula is C49H55F5N5O14+. The number of halogens is 5. The summed E-state index contributed by atoms with van der Waals surface area (Å²) >= 11 is 0. The van der Waals surface area contributed by atoms with E-state index in [1.54, 1.807) is 12.1 Å². The number of aliphatic hydroxyl groups is 3. The van der Waals surface area contributed by atoms with Crippen molar-refractivity contribution in [2.45, 2.75) is 56.5 Å². The second kappa shape index (κ2) is 25.2. The Morgan fingerprint density at radius 2 is 1.19 bits per heavy atom. The van der Waals surface area contributed by atoms with Gasteiger partial charge in [0.25, 0.3) is 0 Å². The van der Waals surface area contributed by atoms with Crippen LogP contribution in [0.1, 0.15) is 24.8 Å². The maximum Gasteiger partial charge on any atom is 0.335 e. The van der Waals surface area contributed by atoms with Gasteiger partial charge in [-0.2, -0.15) is 13.3 Å².